The first kappa shape index (κ1) is 28.2. The van der Waals surface area contributed by atoms with E-state index in [2.05, 4.69) is 15.0 Å². The Morgan fingerprint density at radius 1 is 0.975 bits per heavy atom. The molecule has 3 aromatic carbocycles. The van der Waals surface area contributed by atoms with E-state index in [-0.39, 0.29) is 28.6 Å². The minimum atomic E-state index is -4.19. The van der Waals surface area contributed by atoms with Crippen molar-refractivity contribution in [1.82, 2.24) is 9.71 Å². The number of pyridine rings is 1. The fraction of sp³-hybridized carbons (Fsp3) is 0.143. The standard InChI is InChI=1S/C28H26N4O7S/c1-38-25-14-13-21(20-10-6-11-22(16-20)30-28-24(32(34)35)12-7-15-29-28)17-26(25)40(36,37)31-23(18-27(33)39-2)19-8-4-3-5-9-19/h3-17,23,31H,18H2,1-2H3,(H,29,30). The minimum absolute atomic E-state index is 0.0735. The molecule has 40 heavy (non-hydrogen) atoms. The molecule has 206 valence electrons. The summed E-state index contributed by atoms with van der Waals surface area (Å²) in [6.07, 6.45) is 1.23. The smallest absolute Gasteiger partial charge is 0.311 e. The average Bonchev–Trinajstić information content (AvgIpc) is 2.97. The fourth-order valence-electron chi connectivity index (χ4n) is 4.03. The summed E-state index contributed by atoms with van der Waals surface area (Å²) in [6.45, 7) is 0. The molecule has 11 nitrogen and oxygen atoms in total. The number of ether oxygens (including phenoxy) is 2. The molecule has 0 spiro atoms. The summed E-state index contributed by atoms with van der Waals surface area (Å²) < 4.78 is 40.0. The molecule has 0 aliphatic carbocycles. The molecule has 1 atom stereocenters. The van der Waals surface area contributed by atoms with Crippen LogP contribution in [0.5, 0.6) is 5.75 Å². The van der Waals surface area contributed by atoms with Crippen molar-refractivity contribution in [2.45, 2.75) is 17.4 Å². The predicted molar refractivity (Wildman–Crippen MR) is 149 cm³/mol. The van der Waals surface area contributed by atoms with Crippen LogP contribution in [-0.2, 0) is 19.6 Å². The molecule has 0 radical (unpaired) electrons. The van der Waals surface area contributed by atoms with Gasteiger partial charge in [-0.2, -0.15) is 0 Å². The SMILES string of the molecule is COC(=O)CC(NS(=O)(=O)c1cc(-c2cccc(Nc3ncccc3[N+](=O)[O-])c2)ccc1OC)c1ccccc1. The van der Waals surface area contributed by atoms with Crippen LogP contribution < -0.4 is 14.8 Å². The molecule has 1 unspecified atom stereocenters. The van der Waals surface area contributed by atoms with Gasteiger partial charge in [0.2, 0.25) is 15.8 Å². The Hall–Kier alpha value is -4.81. The van der Waals surface area contributed by atoms with Crippen molar-refractivity contribution in [3.8, 4) is 16.9 Å². The van der Waals surface area contributed by atoms with Gasteiger partial charge in [-0.15, -0.1) is 0 Å². The summed E-state index contributed by atoms with van der Waals surface area (Å²) in [5.41, 5.74) is 2.10. The van der Waals surface area contributed by atoms with Gasteiger partial charge in [0.1, 0.15) is 10.6 Å². The molecule has 0 bridgehead atoms. The number of rotatable bonds is 11. The summed E-state index contributed by atoms with van der Waals surface area (Å²) >= 11 is 0. The molecule has 0 aliphatic rings. The second-order valence-electron chi connectivity index (χ2n) is 8.56. The van der Waals surface area contributed by atoms with Gasteiger partial charge in [-0.3, -0.25) is 14.9 Å². The van der Waals surface area contributed by atoms with Gasteiger partial charge in [0.05, 0.1) is 31.6 Å². The molecule has 1 heterocycles. The van der Waals surface area contributed by atoms with Gasteiger partial charge in [-0.1, -0.05) is 48.5 Å². The van der Waals surface area contributed by atoms with Gasteiger partial charge >= 0.3 is 11.7 Å². The highest BCUT2D eigenvalue weighted by Crippen LogP contribution is 2.33. The van der Waals surface area contributed by atoms with E-state index in [0.717, 1.165) is 0 Å². The van der Waals surface area contributed by atoms with Crippen LogP contribution in [0, 0.1) is 10.1 Å². The number of hydrogen-bond donors (Lipinski definition) is 2. The van der Waals surface area contributed by atoms with Crippen LogP contribution in [0.3, 0.4) is 0 Å². The number of benzene rings is 3. The van der Waals surface area contributed by atoms with E-state index in [1.54, 1.807) is 60.7 Å². The molecule has 12 heteroatoms. The van der Waals surface area contributed by atoms with Crippen molar-refractivity contribution in [3.05, 3.63) is 107 Å². The molecule has 0 fully saturated rings. The topological polar surface area (TPSA) is 150 Å². The monoisotopic (exact) mass is 562 g/mol. The zero-order chi connectivity index (χ0) is 28.7. The van der Waals surface area contributed by atoms with E-state index < -0.39 is 27.0 Å². The number of hydrogen-bond acceptors (Lipinski definition) is 9. The third kappa shape index (κ3) is 6.60. The van der Waals surface area contributed by atoms with Crippen LogP contribution in [0.4, 0.5) is 17.2 Å². The molecule has 0 saturated carbocycles. The number of carbonyl (C=O) groups is 1. The Bertz CT molecular complexity index is 1630. The van der Waals surface area contributed by atoms with Gasteiger partial charge in [0.25, 0.3) is 0 Å². The molecular formula is C28H26N4O7S. The second-order valence-corrected chi connectivity index (χ2v) is 10.2. The minimum Gasteiger partial charge on any atom is -0.495 e. The molecular weight excluding hydrogens is 536 g/mol. The summed E-state index contributed by atoms with van der Waals surface area (Å²) in [5, 5.41) is 14.3. The highest BCUT2D eigenvalue weighted by atomic mass is 32.2. The summed E-state index contributed by atoms with van der Waals surface area (Å²) in [4.78, 5) is 26.8. The number of nitrogens with zero attached hydrogens (tertiary/aromatic N) is 2. The van der Waals surface area contributed by atoms with Gasteiger partial charge in [-0.25, -0.2) is 18.1 Å². The Morgan fingerprint density at radius 3 is 2.42 bits per heavy atom. The molecule has 4 rings (SSSR count). The Morgan fingerprint density at radius 2 is 1.73 bits per heavy atom. The number of esters is 1. The van der Waals surface area contributed by atoms with E-state index in [1.807, 2.05) is 0 Å². The molecule has 4 aromatic rings. The van der Waals surface area contributed by atoms with E-state index >= 15 is 0 Å². The van der Waals surface area contributed by atoms with Crippen molar-refractivity contribution in [3.63, 3.8) is 0 Å². The van der Waals surface area contributed by atoms with Crippen molar-refractivity contribution < 1.29 is 27.6 Å². The Kier molecular flexibility index (Phi) is 8.72. The lowest BCUT2D eigenvalue weighted by Gasteiger charge is -2.20. The summed E-state index contributed by atoms with van der Waals surface area (Å²) in [6, 6.07) is 22.3. The lowest BCUT2D eigenvalue weighted by molar-refractivity contribution is -0.384. The number of carbonyl (C=O) groups excluding carboxylic acids is 1. The first-order chi connectivity index (χ1) is 19.2. The number of sulfonamides is 1. The molecule has 0 saturated heterocycles. The van der Waals surface area contributed by atoms with E-state index in [0.29, 0.717) is 22.4 Å². The van der Waals surface area contributed by atoms with Gasteiger partial charge < -0.3 is 14.8 Å². The Labute approximate surface area is 231 Å². The van der Waals surface area contributed by atoms with Gasteiger partial charge in [-0.05, 0) is 47.0 Å². The number of nitro groups is 1. The zero-order valence-electron chi connectivity index (χ0n) is 21.6. The third-order valence-corrected chi connectivity index (χ3v) is 7.49. The lowest BCUT2D eigenvalue weighted by Crippen LogP contribution is -2.31. The average molecular weight is 563 g/mol. The maximum atomic E-state index is 13.6. The maximum Gasteiger partial charge on any atom is 0.311 e. The number of methoxy groups -OCH3 is 2. The van der Waals surface area contributed by atoms with Crippen LogP contribution in [-0.4, -0.2) is 38.5 Å². The highest BCUT2D eigenvalue weighted by molar-refractivity contribution is 7.89. The zero-order valence-corrected chi connectivity index (χ0v) is 22.4. The van der Waals surface area contributed by atoms with Crippen LogP contribution in [0.1, 0.15) is 18.0 Å². The number of nitrogens with one attached hydrogen (secondary N) is 2. The fourth-order valence-corrected chi connectivity index (χ4v) is 5.45. The summed E-state index contributed by atoms with van der Waals surface area (Å²) in [5.74, 6) is -0.390. The lowest BCUT2D eigenvalue weighted by atomic mass is 10.0. The van der Waals surface area contributed by atoms with Crippen molar-refractivity contribution in [2.24, 2.45) is 0 Å². The number of anilines is 2. The van der Waals surface area contributed by atoms with E-state index in [1.165, 1.54) is 44.7 Å². The normalized spacial score (nSPS) is 11.8. The number of aromatic nitrogens is 1. The quantitative estimate of drug-likeness (QED) is 0.146. The van der Waals surface area contributed by atoms with Crippen LogP contribution in [0.2, 0.25) is 0 Å². The molecule has 2 N–H and O–H groups in total. The van der Waals surface area contributed by atoms with E-state index in [9.17, 15) is 23.3 Å². The first-order valence-electron chi connectivity index (χ1n) is 12.0. The predicted octanol–water partition coefficient (Wildman–Crippen LogP) is 4.99. The van der Waals surface area contributed by atoms with Gasteiger partial charge in [0, 0.05) is 18.0 Å². The third-order valence-electron chi connectivity index (χ3n) is 5.99. The largest absolute Gasteiger partial charge is 0.495 e. The molecule has 0 amide bonds. The highest BCUT2D eigenvalue weighted by Gasteiger charge is 2.27. The van der Waals surface area contributed by atoms with E-state index in [4.69, 9.17) is 9.47 Å². The van der Waals surface area contributed by atoms with Crippen molar-refractivity contribution in [2.75, 3.05) is 19.5 Å². The van der Waals surface area contributed by atoms with Crippen LogP contribution in [0.15, 0.2) is 96.0 Å². The van der Waals surface area contributed by atoms with Crippen molar-refractivity contribution in [1.29, 1.82) is 0 Å². The second kappa shape index (κ2) is 12.4. The Balaban J connectivity index is 1.68. The maximum absolute atomic E-state index is 13.6. The first-order valence-corrected chi connectivity index (χ1v) is 13.5. The van der Waals surface area contributed by atoms with Crippen LogP contribution >= 0.6 is 0 Å². The summed E-state index contributed by atoms with van der Waals surface area (Å²) in [7, 11) is -1.59. The molecule has 1 aromatic heterocycles. The molecule has 0 aliphatic heterocycles. The van der Waals surface area contributed by atoms with Gasteiger partial charge in [0.15, 0.2) is 0 Å². The van der Waals surface area contributed by atoms with Crippen molar-refractivity contribution >= 4 is 33.2 Å². The van der Waals surface area contributed by atoms with Crippen LogP contribution in [0.25, 0.3) is 11.1 Å².